The summed E-state index contributed by atoms with van der Waals surface area (Å²) in [5.74, 6) is 6.98. The molecule has 1 spiro atoms. The molecule has 2 aromatic carbocycles. The highest BCUT2D eigenvalue weighted by atomic mass is 35.5. The van der Waals surface area contributed by atoms with E-state index >= 15 is 0 Å². The van der Waals surface area contributed by atoms with Gasteiger partial charge < -0.3 is 20.3 Å². The Morgan fingerprint density at radius 3 is 2.48 bits per heavy atom. The molecule has 4 aromatic rings. The maximum absolute atomic E-state index is 14.0. The number of ether oxygens (including phenoxy) is 1. The van der Waals surface area contributed by atoms with Crippen molar-refractivity contribution in [2.75, 3.05) is 44.7 Å². The van der Waals surface area contributed by atoms with Crippen molar-refractivity contribution in [3.63, 3.8) is 0 Å². The molecule has 2 N–H and O–H groups in total. The van der Waals surface area contributed by atoms with Crippen molar-refractivity contribution in [2.45, 2.75) is 46.1 Å². The van der Waals surface area contributed by atoms with Crippen molar-refractivity contribution in [2.24, 2.45) is 16.1 Å². The molecule has 0 bridgehead atoms. The Morgan fingerprint density at radius 1 is 1.08 bits per heavy atom. The zero-order valence-corrected chi connectivity index (χ0v) is 30.8. The van der Waals surface area contributed by atoms with E-state index in [1.165, 1.54) is 12.0 Å². The van der Waals surface area contributed by atoms with Crippen molar-refractivity contribution in [1.82, 2.24) is 19.7 Å². The number of piperidine rings is 1. The number of nitrogens with two attached hydrogens (primary N) is 1. The maximum atomic E-state index is 14.0. The second-order valence-corrected chi connectivity index (χ2v) is 14.7. The molecule has 13 heteroatoms. The number of esters is 1. The number of nitrogens with zero attached hydrogens (tertiary/aromatic N) is 6. The predicted octanol–water partition coefficient (Wildman–Crippen LogP) is 5.84. The number of aryl methyl sites for hydroxylation is 2. The van der Waals surface area contributed by atoms with E-state index in [2.05, 4.69) is 45.4 Å². The molecule has 0 saturated carbocycles. The van der Waals surface area contributed by atoms with Crippen molar-refractivity contribution in [3.8, 4) is 16.8 Å². The third-order valence-electron chi connectivity index (χ3n) is 10.1. The first-order valence-corrected chi connectivity index (χ1v) is 17.6. The number of amides is 1. The number of methoxy groups -OCH3 is 1. The second-order valence-electron chi connectivity index (χ2n) is 13.1. The molecule has 1 atom stereocenters. The normalized spacial score (nSPS) is 17.3. The van der Waals surface area contributed by atoms with Crippen LogP contribution in [0.3, 0.4) is 0 Å². The lowest BCUT2D eigenvalue weighted by atomic mass is 9.71. The molecule has 0 aliphatic carbocycles. The first kappa shape index (κ1) is 35.6. The molecule has 10 nitrogen and oxygen atoms in total. The predicted molar refractivity (Wildman–Crippen MR) is 199 cm³/mol. The number of rotatable bonds is 5. The molecule has 2 aromatic heterocycles. The number of hydrogen-bond donors (Lipinski definition) is 1. The van der Waals surface area contributed by atoms with E-state index < -0.39 is 12.0 Å². The van der Waals surface area contributed by atoms with Gasteiger partial charge in [-0.1, -0.05) is 35.6 Å². The van der Waals surface area contributed by atoms with Gasteiger partial charge in [-0.05, 0) is 69.5 Å². The van der Waals surface area contributed by atoms with Crippen LogP contribution in [0.4, 0.5) is 5.69 Å². The van der Waals surface area contributed by atoms with Crippen LogP contribution >= 0.6 is 35.3 Å². The molecule has 5 heterocycles. The lowest BCUT2D eigenvalue weighted by molar-refractivity contribution is -0.134. The zero-order chi connectivity index (χ0) is 34.4. The van der Waals surface area contributed by atoms with E-state index in [1.807, 2.05) is 48.2 Å². The average molecular weight is 733 g/mol. The summed E-state index contributed by atoms with van der Waals surface area (Å²) in [6, 6.07) is 12.9. The molecular weight excluding hydrogens is 693 g/mol. The number of halogens is 2. The minimum absolute atomic E-state index is 0. The van der Waals surface area contributed by atoms with Crippen LogP contribution in [-0.2, 0) is 9.53 Å². The fourth-order valence-corrected chi connectivity index (χ4v) is 8.53. The molecule has 3 aliphatic rings. The SMILES string of the molecule is COC(=O)c1ccc(N2CC3(CCN(C(=O)C[C@@H]4N=C(c5ccc(Cl)cc5)c5c(sc(C)c5C)-n5c(C)nnc54)CC3)C2)cc1C#CCN.Cl. The lowest BCUT2D eigenvalue weighted by Gasteiger charge is -2.55. The van der Waals surface area contributed by atoms with Gasteiger partial charge in [0.25, 0.3) is 0 Å². The van der Waals surface area contributed by atoms with Crippen molar-refractivity contribution in [1.29, 1.82) is 0 Å². The Balaban J connectivity index is 0.00000432. The van der Waals surface area contributed by atoms with Crippen LogP contribution in [0.25, 0.3) is 5.00 Å². The van der Waals surface area contributed by atoms with Gasteiger partial charge in [-0.3, -0.25) is 14.4 Å². The number of aliphatic imine (C=N–C) groups is 1. The maximum Gasteiger partial charge on any atom is 0.339 e. The van der Waals surface area contributed by atoms with Gasteiger partial charge in [0.1, 0.15) is 16.9 Å². The van der Waals surface area contributed by atoms with Crippen molar-refractivity contribution >= 4 is 58.6 Å². The Bertz CT molecular complexity index is 2040. The quantitative estimate of drug-likeness (QED) is 0.203. The summed E-state index contributed by atoms with van der Waals surface area (Å²) in [5.41, 5.74) is 11.8. The van der Waals surface area contributed by atoms with E-state index in [-0.39, 0.29) is 36.7 Å². The van der Waals surface area contributed by atoms with E-state index in [1.54, 1.807) is 17.4 Å². The van der Waals surface area contributed by atoms with E-state index in [9.17, 15) is 9.59 Å². The van der Waals surface area contributed by atoms with Gasteiger partial charge in [0.2, 0.25) is 5.91 Å². The highest BCUT2D eigenvalue weighted by molar-refractivity contribution is 7.15. The fourth-order valence-electron chi connectivity index (χ4n) is 7.19. The summed E-state index contributed by atoms with van der Waals surface area (Å²) in [7, 11) is 1.36. The number of likely N-dealkylation sites (tertiary alicyclic amines) is 1. The molecule has 0 radical (unpaired) electrons. The number of benzene rings is 2. The molecule has 1 amide bonds. The molecular formula is C37H39Cl2N7O3S. The summed E-state index contributed by atoms with van der Waals surface area (Å²) in [6.45, 7) is 9.56. The molecule has 2 saturated heterocycles. The summed E-state index contributed by atoms with van der Waals surface area (Å²) < 4.78 is 7.02. The third kappa shape index (κ3) is 6.42. The van der Waals surface area contributed by atoms with Crippen LogP contribution in [0.15, 0.2) is 47.5 Å². The van der Waals surface area contributed by atoms with Crippen LogP contribution < -0.4 is 10.6 Å². The average Bonchev–Trinajstić information content (AvgIpc) is 3.57. The Kier molecular flexibility index (Phi) is 10.1. The van der Waals surface area contributed by atoms with Gasteiger partial charge in [0.05, 0.1) is 31.4 Å². The number of thiophene rings is 1. The van der Waals surface area contributed by atoms with Crippen LogP contribution in [0.1, 0.15) is 74.4 Å². The summed E-state index contributed by atoms with van der Waals surface area (Å²) in [4.78, 5) is 37.0. The Hall–Kier alpha value is -4.21. The summed E-state index contributed by atoms with van der Waals surface area (Å²) >= 11 is 7.96. The Labute approximate surface area is 307 Å². The van der Waals surface area contributed by atoms with Gasteiger partial charge >= 0.3 is 5.97 Å². The number of aromatic nitrogens is 3. The zero-order valence-electron chi connectivity index (χ0n) is 28.5. The number of carbonyl (C=O) groups is 2. The van der Waals surface area contributed by atoms with E-state index in [4.69, 9.17) is 27.1 Å². The van der Waals surface area contributed by atoms with Gasteiger partial charge in [0.15, 0.2) is 5.82 Å². The first-order valence-electron chi connectivity index (χ1n) is 16.4. The van der Waals surface area contributed by atoms with E-state index in [0.29, 0.717) is 35.1 Å². The van der Waals surface area contributed by atoms with Gasteiger partial charge in [-0.25, -0.2) is 4.79 Å². The van der Waals surface area contributed by atoms with Crippen LogP contribution in [-0.4, -0.2) is 77.1 Å². The number of carbonyl (C=O) groups excluding carboxylic acids is 2. The van der Waals surface area contributed by atoms with Crippen LogP contribution in [0, 0.1) is 38.0 Å². The molecule has 0 unspecified atom stereocenters. The number of anilines is 1. The van der Waals surface area contributed by atoms with Crippen molar-refractivity contribution < 1.29 is 14.3 Å². The largest absolute Gasteiger partial charge is 0.465 e. The third-order valence-corrected chi connectivity index (χ3v) is 11.5. The van der Waals surface area contributed by atoms with Gasteiger partial charge in [-0.15, -0.1) is 33.9 Å². The Morgan fingerprint density at radius 2 is 1.80 bits per heavy atom. The molecule has 7 rings (SSSR count). The van der Waals surface area contributed by atoms with Gasteiger partial charge in [-0.2, -0.15) is 0 Å². The smallest absolute Gasteiger partial charge is 0.339 e. The topological polar surface area (TPSA) is 119 Å². The molecule has 2 fully saturated rings. The number of hydrogen-bond acceptors (Lipinski definition) is 9. The molecule has 3 aliphatic heterocycles. The van der Waals surface area contributed by atoms with Crippen LogP contribution in [0.2, 0.25) is 5.02 Å². The summed E-state index contributed by atoms with van der Waals surface area (Å²) in [6.07, 6.45) is 2.05. The monoisotopic (exact) mass is 731 g/mol. The minimum Gasteiger partial charge on any atom is -0.465 e. The first-order chi connectivity index (χ1) is 23.6. The molecule has 260 valence electrons. The highest BCUT2D eigenvalue weighted by Gasteiger charge is 2.46. The molecule has 50 heavy (non-hydrogen) atoms. The van der Waals surface area contributed by atoms with Gasteiger partial charge in [0, 0.05) is 63.9 Å². The lowest BCUT2D eigenvalue weighted by Crippen LogP contribution is -2.61. The highest BCUT2D eigenvalue weighted by Crippen LogP contribution is 2.44. The van der Waals surface area contributed by atoms with E-state index in [0.717, 1.165) is 64.8 Å². The minimum atomic E-state index is -0.488. The van der Waals surface area contributed by atoms with Crippen LogP contribution in [0.5, 0.6) is 0 Å². The van der Waals surface area contributed by atoms with Crippen molar-refractivity contribution in [3.05, 3.63) is 91.8 Å². The number of fused-ring (bicyclic) bond motifs is 3. The fraction of sp³-hybridized carbons (Fsp3) is 0.378. The second kappa shape index (κ2) is 14.2. The summed E-state index contributed by atoms with van der Waals surface area (Å²) in [5, 5.41) is 10.7. The standard InChI is InChI=1S/C37H38ClN7O3S.ClH/c1-22-23(2)49-35-32(22)33(25-7-9-27(38)10-8-25)40-30(34-42-41-24(3)45(34)35)19-31(46)43-16-13-37(14-17-43)20-44(21-37)28-11-12-29(36(47)48-4)26(18-28)6-5-15-39;/h7-12,18,30H,13-17,19-21,39H2,1-4H3;1H/t30-;/m0./s1.